The molecule has 4 heteroatoms. The van der Waals surface area contributed by atoms with Gasteiger partial charge in [0.2, 0.25) is 0 Å². The summed E-state index contributed by atoms with van der Waals surface area (Å²) < 4.78 is 0. The molecule has 2 heterocycles. The van der Waals surface area contributed by atoms with Gasteiger partial charge in [0.1, 0.15) is 0 Å². The lowest BCUT2D eigenvalue weighted by Crippen LogP contribution is -2.37. The molecule has 0 aliphatic carbocycles. The van der Waals surface area contributed by atoms with Gasteiger partial charge in [-0.2, -0.15) is 0 Å². The lowest BCUT2D eigenvalue weighted by molar-refractivity contribution is 0.123. The number of amides is 1. The summed E-state index contributed by atoms with van der Waals surface area (Å²) in [7, 11) is 0. The number of benzene rings is 1. The average Bonchev–Trinajstić information content (AvgIpc) is 2.69. The van der Waals surface area contributed by atoms with Gasteiger partial charge in [0, 0.05) is 23.1 Å². The molecule has 3 rings (SSSR count). The monoisotopic (exact) mass is 230 g/mol. The minimum Gasteiger partial charge on any atom is -0.465 e. The first-order chi connectivity index (χ1) is 8.18. The number of hydrogen-bond acceptors (Lipinski definition) is 1. The van der Waals surface area contributed by atoms with E-state index in [4.69, 9.17) is 5.11 Å². The highest BCUT2D eigenvalue weighted by atomic mass is 16.4. The number of carboxylic acid groups (broad SMARTS) is 1. The molecule has 0 saturated carbocycles. The lowest BCUT2D eigenvalue weighted by atomic mass is 9.99. The normalized spacial score (nSPS) is 19.4. The number of nitrogens with one attached hydrogen (secondary N) is 1. The molecule has 0 radical (unpaired) electrons. The number of para-hydroxylation sites is 1. The summed E-state index contributed by atoms with van der Waals surface area (Å²) in [5, 5.41) is 10.3. The van der Waals surface area contributed by atoms with Gasteiger partial charge in [0.15, 0.2) is 0 Å². The molecule has 0 bridgehead atoms. The van der Waals surface area contributed by atoms with Gasteiger partial charge in [-0.15, -0.1) is 0 Å². The molecule has 0 fully saturated rings. The predicted molar refractivity (Wildman–Crippen MR) is 65.1 cm³/mol. The van der Waals surface area contributed by atoms with Crippen LogP contribution in [0.25, 0.3) is 10.9 Å². The molecule has 1 amide bonds. The highest BCUT2D eigenvalue weighted by Crippen LogP contribution is 2.33. The molecule has 1 aromatic heterocycles. The van der Waals surface area contributed by atoms with Crippen LogP contribution >= 0.6 is 0 Å². The van der Waals surface area contributed by atoms with E-state index in [-0.39, 0.29) is 6.04 Å². The van der Waals surface area contributed by atoms with E-state index in [9.17, 15) is 4.79 Å². The molecule has 0 saturated heterocycles. The Morgan fingerprint density at radius 3 is 3.00 bits per heavy atom. The number of rotatable bonds is 0. The van der Waals surface area contributed by atoms with Gasteiger partial charge in [-0.05, 0) is 25.0 Å². The highest BCUT2D eigenvalue weighted by molar-refractivity contribution is 5.85. The Kier molecular flexibility index (Phi) is 2.11. The van der Waals surface area contributed by atoms with Gasteiger partial charge < -0.3 is 10.1 Å². The molecular weight excluding hydrogens is 216 g/mol. The van der Waals surface area contributed by atoms with Crippen LogP contribution in [0, 0.1) is 0 Å². The molecule has 1 atom stereocenters. The highest BCUT2D eigenvalue weighted by Gasteiger charge is 2.29. The van der Waals surface area contributed by atoms with Crippen molar-refractivity contribution < 1.29 is 9.90 Å². The standard InChI is InChI=1S/C13H14N2O2/c1-8-12-10(6-7-15(8)13(16)17)9-4-2-3-5-11(9)14-12/h2-5,8,14H,6-7H2,1H3,(H,16,17). The Balaban J connectivity index is 2.16. The van der Waals surface area contributed by atoms with Gasteiger partial charge >= 0.3 is 6.09 Å². The van der Waals surface area contributed by atoms with E-state index in [2.05, 4.69) is 11.1 Å². The summed E-state index contributed by atoms with van der Waals surface area (Å²) >= 11 is 0. The maximum Gasteiger partial charge on any atom is 0.407 e. The number of hydrogen-bond donors (Lipinski definition) is 2. The van der Waals surface area contributed by atoms with Crippen molar-refractivity contribution in [2.45, 2.75) is 19.4 Å². The van der Waals surface area contributed by atoms with E-state index >= 15 is 0 Å². The Labute approximate surface area is 98.9 Å². The summed E-state index contributed by atoms with van der Waals surface area (Å²) in [4.78, 5) is 15.9. The van der Waals surface area contributed by atoms with Crippen molar-refractivity contribution in [3.63, 3.8) is 0 Å². The van der Waals surface area contributed by atoms with E-state index in [1.807, 2.05) is 25.1 Å². The van der Waals surface area contributed by atoms with Gasteiger partial charge in [-0.1, -0.05) is 18.2 Å². The summed E-state index contributed by atoms with van der Waals surface area (Å²) in [5.74, 6) is 0. The zero-order valence-corrected chi connectivity index (χ0v) is 9.60. The zero-order chi connectivity index (χ0) is 12.0. The molecule has 1 unspecified atom stereocenters. The predicted octanol–water partition coefficient (Wildman–Crippen LogP) is 2.77. The summed E-state index contributed by atoms with van der Waals surface area (Å²) in [6.07, 6.45) is -0.0579. The number of carbonyl (C=O) groups is 1. The quantitative estimate of drug-likeness (QED) is 0.731. The van der Waals surface area contributed by atoms with E-state index in [1.54, 1.807) is 0 Å². The molecular formula is C13H14N2O2. The second-order valence-electron chi connectivity index (χ2n) is 4.46. The van der Waals surface area contributed by atoms with E-state index in [0.29, 0.717) is 6.54 Å². The molecule has 1 aliphatic heterocycles. The number of aromatic nitrogens is 1. The van der Waals surface area contributed by atoms with Gasteiger partial charge in [-0.25, -0.2) is 4.79 Å². The molecule has 88 valence electrons. The number of fused-ring (bicyclic) bond motifs is 3. The largest absolute Gasteiger partial charge is 0.465 e. The van der Waals surface area contributed by atoms with Crippen LogP contribution in [0.3, 0.4) is 0 Å². The molecule has 1 aromatic carbocycles. The Morgan fingerprint density at radius 1 is 1.47 bits per heavy atom. The Morgan fingerprint density at radius 2 is 2.24 bits per heavy atom. The van der Waals surface area contributed by atoms with Crippen molar-refractivity contribution in [1.82, 2.24) is 9.88 Å². The molecule has 1 aliphatic rings. The first kappa shape index (κ1) is 10.2. The fourth-order valence-electron chi connectivity index (χ4n) is 2.69. The molecule has 0 spiro atoms. The van der Waals surface area contributed by atoms with Crippen molar-refractivity contribution >= 4 is 17.0 Å². The zero-order valence-electron chi connectivity index (χ0n) is 9.60. The topological polar surface area (TPSA) is 56.3 Å². The fourth-order valence-corrected chi connectivity index (χ4v) is 2.69. The van der Waals surface area contributed by atoms with Crippen molar-refractivity contribution in [3.8, 4) is 0 Å². The van der Waals surface area contributed by atoms with E-state index in [1.165, 1.54) is 15.8 Å². The fraction of sp³-hybridized carbons (Fsp3) is 0.308. The number of aromatic amines is 1. The summed E-state index contributed by atoms with van der Waals surface area (Å²) in [6.45, 7) is 2.51. The third-order valence-corrected chi connectivity index (χ3v) is 3.58. The summed E-state index contributed by atoms with van der Waals surface area (Å²) in [5.41, 5.74) is 3.40. The van der Waals surface area contributed by atoms with Crippen LogP contribution in [0.2, 0.25) is 0 Å². The van der Waals surface area contributed by atoms with Gasteiger partial charge in [0.25, 0.3) is 0 Å². The minimum atomic E-state index is -0.846. The number of nitrogens with zero attached hydrogens (tertiary/aromatic N) is 1. The first-order valence-electron chi connectivity index (χ1n) is 5.77. The van der Waals surface area contributed by atoms with Crippen LogP contribution in [-0.2, 0) is 6.42 Å². The minimum absolute atomic E-state index is 0.0938. The third-order valence-electron chi connectivity index (χ3n) is 3.58. The van der Waals surface area contributed by atoms with Crippen molar-refractivity contribution in [1.29, 1.82) is 0 Å². The Hall–Kier alpha value is -1.97. The lowest BCUT2D eigenvalue weighted by Gasteiger charge is -2.31. The van der Waals surface area contributed by atoms with Gasteiger partial charge in [0.05, 0.1) is 6.04 Å². The maximum absolute atomic E-state index is 11.1. The molecule has 17 heavy (non-hydrogen) atoms. The van der Waals surface area contributed by atoms with Crippen molar-refractivity contribution in [3.05, 3.63) is 35.5 Å². The second kappa shape index (κ2) is 3.52. The third kappa shape index (κ3) is 1.40. The van der Waals surface area contributed by atoms with Crippen LogP contribution in [0.4, 0.5) is 4.79 Å². The van der Waals surface area contributed by atoms with Crippen LogP contribution in [0.5, 0.6) is 0 Å². The van der Waals surface area contributed by atoms with E-state index < -0.39 is 6.09 Å². The van der Waals surface area contributed by atoms with Crippen molar-refractivity contribution in [2.24, 2.45) is 0 Å². The number of H-pyrrole nitrogens is 1. The molecule has 2 N–H and O–H groups in total. The van der Waals surface area contributed by atoms with E-state index in [0.717, 1.165) is 17.6 Å². The molecule has 4 nitrogen and oxygen atoms in total. The average molecular weight is 230 g/mol. The van der Waals surface area contributed by atoms with Crippen molar-refractivity contribution in [2.75, 3.05) is 6.54 Å². The van der Waals surface area contributed by atoms with Crippen LogP contribution in [0.15, 0.2) is 24.3 Å². The maximum atomic E-state index is 11.1. The van der Waals surface area contributed by atoms with Gasteiger partial charge in [-0.3, -0.25) is 4.90 Å². The smallest absolute Gasteiger partial charge is 0.407 e. The van der Waals surface area contributed by atoms with Crippen LogP contribution < -0.4 is 0 Å². The summed E-state index contributed by atoms with van der Waals surface area (Å²) in [6, 6.07) is 8.04. The van der Waals surface area contributed by atoms with Crippen LogP contribution in [-0.4, -0.2) is 27.6 Å². The molecule has 2 aromatic rings. The SMILES string of the molecule is CC1c2[nH]c3ccccc3c2CCN1C(=O)O. The van der Waals surface area contributed by atoms with Crippen LogP contribution in [0.1, 0.15) is 24.2 Å². The second-order valence-corrected chi connectivity index (χ2v) is 4.46. The first-order valence-corrected chi connectivity index (χ1v) is 5.77. The Bertz CT molecular complexity index is 588.